The van der Waals surface area contributed by atoms with Crippen LogP contribution in [0.15, 0.2) is 0 Å². The number of carbonyl (C=O) groups is 2. The van der Waals surface area contributed by atoms with Gasteiger partial charge in [-0.15, -0.1) is 0 Å². The predicted octanol–water partition coefficient (Wildman–Crippen LogP) is 3.13. The Labute approximate surface area is 150 Å². The Kier molecular flexibility index (Phi) is 9.61. The third-order valence-corrected chi connectivity index (χ3v) is 5.71. The smallest absolute Gasteiger partial charge is 0.303 e. The summed E-state index contributed by atoms with van der Waals surface area (Å²) in [4.78, 5) is 19.8. The van der Waals surface area contributed by atoms with Gasteiger partial charge in [-0.25, -0.2) is 0 Å². The molecule has 0 aromatic rings. The molecule has 1 aliphatic rings. The van der Waals surface area contributed by atoms with Crippen molar-refractivity contribution >= 4 is 11.9 Å². The van der Waals surface area contributed by atoms with Crippen LogP contribution in [-0.2, 0) is 9.59 Å². The van der Waals surface area contributed by atoms with E-state index in [2.05, 4.69) is 13.8 Å². The lowest BCUT2D eigenvalue weighted by molar-refractivity contribution is -0.287. The molecule has 4 atom stereocenters. The summed E-state index contributed by atoms with van der Waals surface area (Å²) in [6.45, 7) is 10.2. The fourth-order valence-electron chi connectivity index (χ4n) is 3.26. The highest BCUT2D eigenvalue weighted by Gasteiger charge is 2.52. The van der Waals surface area contributed by atoms with Crippen molar-refractivity contribution in [3.63, 3.8) is 0 Å². The summed E-state index contributed by atoms with van der Waals surface area (Å²) in [6.07, 6.45) is 3.05. The van der Waals surface area contributed by atoms with Crippen LogP contribution in [0.3, 0.4) is 0 Å². The molecule has 25 heavy (non-hydrogen) atoms. The molecule has 0 amide bonds. The monoisotopic (exact) mass is 361 g/mol. The van der Waals surface area contributed by atoms with Crippen LogP contribution in [0.4, 0.5) is 0 Å². The summed E-state index contributed by atoms with van der Waals surface area (Å²) in [7, 11) is 0. The summed E-state index contributed by atoms with van der Waals surface area (Å²) in [5.74, 6) is -1.64. The number of aliphatic carboxylic acids is 2. The van der Waals surface area contributed by atoms with Crippen molar-refractivity contribution in [3.05, 3.63) is 0 Å². The third-order valence-electron chi connectivity index (χ3n) is 5.71. The molecule has 0 aromatic carbocycles. The lowest BCUT2D eigenvalue weighted by atomic mass is 9.69. The maximum Gasteiger partial charge on any atom is 0.303 e. The molecule has 0 saturated carbocycles. The molecule has 0 radical (unpaired) electrons. The minimum Gasteiger partial charge on any atom is -0.481 e. The number of hydroxylamine groups is 2. The van der Waals surface area contributed by atoms with E-state index in [0.29, 0.717) is 19.3 Å². The Balaban J connectivity index is 0.000000504. The zero-order chi connectivity index (χ0) is 19.8. The van der Waals surface area contributed by atoms with Gasteiger partial charge in [-0.2, -0.15) is 5.06 Å². The topological polar surface area (TPSA) is 118 Å². The number of aliphatic hydroxyl groups is 1. The maximum absolute atomic E-state index is 10.4. The standard InChI is InChI=1S/C12H25NO2.C6H10O4/c1-6-11(4)8-10(14)9(3)12(5,7-2)13(11)15;7-5(8)3-1-2-4-6(9)10/h9-10,14-15H,6-8H2,1-5H3;1-4H2,(H,7,8)(H,9,10). The molecule has 1 fully saturated rings. The predicted molar refractivity (Wildman–Crippen MR) is 94.5 cm³/mol. The Hall–Kier alpha value is -1.18. The van der Waals surface area contributed by atoms with Crippen molar-refractivity contribution in [2.75, 3.05) is 0 Å². The minimum absolute atomic E-state index is 0.0628. The Morgan fingerprint density at radius 1 is 1.04 bits per heavy atom. The molecule has 1 aliphatic heterocycles. The maximum atomic E-state index is 10.4. The van der Waals surface area contributed by atoms with Gasteiger partial charge in [-0.3, -0.25) is 9.59 Å². The van der Waals surface area contributed by atoms with Gasteiger partial charge in [0.1, 0.15) is 0 Å². The number of nitrogens with zero attached hydrogens (tertiary/aromatic N) is 1. The number of unbranched alkanes of at least 4 members (excludes halogenated alkanes) is 1. The first-order valence-electron chi connectivity index (χ1n) is 9.05. The van der Waals surface area contributed by atoms with Crippen molar-refractivity contribution < 1.29 is 30.1 Å². The molecule has 7 heteroatoms. The van der Waals surface area contributed by atoms with Gasteiger partial charge in [0.15, 0.2) is 0 Å². The number of aliphatic hydroxyl groups excluding tert-OH is 1. The number of carboxylic acid groups (broad SMARTS) is 2. The third kappa shape index (κ3) is 6.56. The Morgan fingerprint density at radius 2 is 1.48 bits per heavy atom. The van der Waals surface area contributed by atoms with E-state index < -0.39 is 11.9 Å². The van der Waals surface area contributed by atoms with E-state index in [1.807, 2.05) is 20.8 Å². The number of piperidine rings is 1. The van der Waals surface area contributed by atoms with Gasteiger partial charge in [0.25, 0.3) is 0 Å². The van der Waals surface area contributed by atoms with Gasteiger partial charge in [-0.05, 0) is 46.0 Å². The fourth-order valence-corrected chi connectivity index (χ4v) is 3.26. The van der Waals surface area contributed by atoms with Crippen molar-refractivity contribution in [1.29, 1.82) is 0 Å². The van der Waals surface area contributed by atoms with E-state index >= 15 is 0 Å². The number of carboxylic acids is 2. The lowest BCUT2D eigenvalue weighted by Crippen LogP contribution is -2.66. The highest BCUT2D eigenvalue weighted by molar-refractivity contribution is 5.67. The molecule has 148 valence electrons. The molecule has 0 spiro atoms. The van der Waals surface area contributed by atoms with Gasteiger partial charge in [0, 0.05) is 29.8 Å². The number of hydrogen-bond donors (Lipinski definition) is 4. The summed E-state index contributed by atoms with van der Waals surface area (Å²) in [6, 6.07) is 0. The summed E-state index contributed by atoms with van der Waals surface area (Å²) in [5, 5.41) is 38.2. The first-order valence-corrected chi connectivity index (χ1v) is 9.05. The van der Waals surface area contributed by atoms with Crippen LogP contribution in [0, 0.1) is 5.92 Å². The Bertz CT molecular complexity index is 427. The average molecular weight is 361 g/mol. The molecule has 0 aliphatic carbocycles. The van der Waals surface area contributed by atoms with Gasteiger partial charge < -0.3 is 20.5 Å². The Morgan fingerprint density at radius 3 is 1.80 bits per heavy atom. The largest absolute Gasteiger partial charge is 0.481 e. The van der Waals surface area contributed by atoms with Crippen LogP contribution in [0.2, 0.25) is 0 Å². The zero-order valence-corrected chi connectivity index (χ0v) is 16.2. The second kappa shape index (κ2) is 10.1. The SMILES string of the molecule is CCC1(C)CC(O)C(C)C(C)(CC)N1O.O=C(O)CCCCC(=O)O. The molecule has 1 saturated heterocycles. The summed E-state index contributed by atoms with van der Waals surface area (Å²) < 4.78 is 0. The second-order valence-electron chi connectivity index (χ2n) is 7.43. The van der Waals surface area contributed by atoms with Crippen LogP contribution in [0.1, 0.15) is 79.6 Å². The molecule has 7 nitrogen and oxygen atoms in total. The first kappa shape index (κ1) is 23.8. The first-order chi connectivity index (χ1) is 11.4. The lowest BCUT2D eigenvalue weighted by Gasteiger charge is -2.56. The van der Waals surface area contributed by atoms with Crippen molar-refractivity contribution in [3.8, 4) is 0 Å². The van der Waals surface area contributed by atoms with Gasteiger partial charge in [-0.1, -0.05) is 20.8 Å². The second-order valence-corrected chi connectivity index (χ2v) is 7.43. The van der Waals surface area contributed by atoms with E-state index in [-0.39, 0.29) is 35.9 Å². The van der Waals surface area contributed by atoms with Gasteiger partial charge in [0.2, 0.25) is 0 Å². The minimum atomic E-state index is -0.870. The number of rotatable bonds is 7. The molecule has 4 N–H and O–H groups in total. The van der Waals surface area contributed by atoms with E-state index in [1.54, 1.807) is 0 Å². The molecule has 1 heterocycles. The van der Waals surface area contributed by atoms with Crippen LogP contribution in [0.5, 0.6) is 0 Å². The zero-order valence-electron chi connectivity index (χ0n) is 16.2. The molecular formula is C18H35NO6. The van der Waals surface area contributed by atoms with Crippen molar-refractivity contribution in [2.45, 2.75) is 96.7 Å². The van der Waals surface area contributed by atoms with Crippen LogP contribution in [0.25, 0.3) is 0 Å². The molecule has 0 aromatic heterocycles. The van der Waals surface area contributed by atoms with Crippen molar-refractivity contribution in [1.82, 2.24) is 5.06 Å². The van der Waals surface area contributed by atoms with E-state index in [0.717, 1.165) is 12.8 Å². The highest BCUT2D eigenvalue weighted by Crippen LogP contribution is 2.43. The molecule has 1 rings (SSSR count). The summed E-state index contributed by atoms with van der Waals surface area (Å²) in [5.41, 5.74) is -0.612. The quantitative estimate of drug-likeness (QED) is 0.514. The molecular weight excluding hydrogens is 326 g/mol. The summed E-state index contributed by atoms with van der Waals surface area (Å²) >= 11 is 0. The van der Waals surface area contributed by atoms with E-state index in [1.165, 1.54) is 5.06 Å². The van der Waals surface area contributed by atoms with Crippen LogP contribution in [-0.4, -0.2) is 54.7 Å². The average Bonchev–Trinajstić information content (AvgIpc) is 2.55. The van der Waals surface area contributed by atoms with Gasteiger partial charge >= 0.3 is 11.9 Å². The van der Waals surface area contributed by atoms with E-state index in [9.17, 15) is 19.9 Å². The van der Waals surface area contributed by atoms with Crippen LogP contribution >= 0.6 is 0 Å². The highest BCUT2D eigenvalue weighted by atomic mass is 16.5. The van der Waals surface area contributed by atoms with Gasteiger partial charge in [0.05, 0.1) is 6.10 Å². The van der Waals surface area contributed by atoms with Crippen molar-refractivity contribution in [2.24, 2.45) is 5.92 Å². The fraction of sp³-hybridized carbons (Fsp3) is 0.889. The van der Waals surface area contributed by atoms with Crippen LogP contribution < -0.4 is 0 Å². The normalized spacial score (nSPS) is 32.6. The molecule has 0 bridgehead atoms. The molecule has 4 unspecified atom stereocenters. The van der Waals surface area contributed by atoms with E-state index in [4.69, 9.17) is 10.2 Å². The number of hydrogen-bond acceptors (Lipinski definition) is 5.